The summed E-state index contributed by atoms with van der Waals surface area (Å²) in [5.74, 6) is 0.686. The third-order valence-corrected chi connectivity index (χ3v) is 4.33. The molecule has 2 rings (SSSR count). The molecule has 7 heteroatoms. The largest absolute Gasteiger partial charge is 0.492 e. The zero-order valence-electron chi connectivity index (χ0n) is 8.98. The molecule has 1 aromatic carbocycles. The number of nitrogens with one attached hydrogen (secondary N) is 1. The summed E-state index contributed by atoms with van der Waals surface area (Å²) in [6.45, 7) is 0. The summed E-state index contributed by atoms with van der Waals surface area (Å²) < 4.78 is 0.202. The van der Waals surface area contributed by atoms with Gasteiger partial charge in [-0.3, -0.25) is 4.79 Å². The Morgan fingerprint density at radius 1 is 1.39 bits per heavy atom. The first-order valence-corrected chi connectivity index (χ1v) is 7.36. The molecule has 0 atom stereocenters. The van der Waals surface area contributed by atoms with Crippen molar-refractivity contribution in [3.63, 3.8) is 0 Å². The molecule has 4 nitrogen and oxygen atoms in total. The molecule has 0 amide bonds. The highest BCUT2D eigenvalue weighted by Crippen LogP contribution is 2.23. The van der Waals surface area contributed by atoms with E-state index in [9.17, 15) is 9.90 Å². The summed E-state index contributed by atoms with van der Waals surface area (Å²) in [6, 6.07) is 7.37. The number of H-pyrrole nitrogens is 1. The minimum absolute atomic E-state index is 0.202. The zero-order valence-corrected chi connectivity index (χ0v) is 12.7. The van der Waals surface area contributed by atoms with Gasteiger partial charge in [-0.15, -0.1) is 11.8 Å². The molecule has 1 heterocycles. The van der Waals surface area contributed by atoms with E-state index < -0.39 is 0 Å². The molecular formula is C11H8ClIN2O2S. The highest BCUT2D eigenvalue weighted by atomic mass is 127. The third kappa shape index (κ3) is 3.39. The first kappa shape index (κ1) is 13.7. The molecule has 0 unspecified atom stereocenters. The first-order chi connectivity index (χ1) is 8.56. The molecule has 0 radical (unpaired) electrons. The van der Waals surface area contributed by atoms with E-state index >= 15 is 0 Å². The second kappa shape index (κ2) is 5.94. The molecule has 0 saturated carbocycles. The van der Waals surface area contributed by atoms with Gasteiger partial charge in [0, 0.05) is 9.92 Å². The Morgan fingerprint density at radius 3 is 2.67 bits per heavy atom. The van der Waals surface area contributed by atoms with Crippen LogP contribution in [-0.4, -0.2) is 15.1 Å². The van der Waals surface area contributed by atoms with Gasteiger partial charge in [-0.05, 0) is 46.9 Å². The average Bonchev–Trinajstić information content (AvgIpc) is 2.35. The molecule has 1 aromatic heterocycles. The number of aromatic amines is 1. The maximum absolute atomic E-state index is 11.4. The smallest absolute Gasteiger partial charge is 0.268 e. The Kier molecular flexibility index (Phi) is 4.52. The number of benzene rings is 1. The molecule has 2 aromatic rings. The van der Waals surface area contributed by atoms with Gasteiger partial charge in [-0.1, -0.05) is 11.6 Å². The van der Waals surface area contributed by atoms with E-state index in [4.69, 9.17) is 11.6 Å². The summed E-state index contributed by atoms with van der Waals surface area (Å²) in [5.41, 5.74) is -0.324. The second-order valence-corrected chi connectivity index (χ2v) is 5.96. The van der Waals surface area contributed by atoms with Crippen LogP contribution in [-0.2, 0) is 5.75 Å². The van der Waals surface area contributed by atoms with Crippen molar-refractivity contribution in [1.82, 2.24) is 9.97 Å². The molecular weight excluding hydrogens is 387 g/mol. The fourth-order valence-corrected chi connectivity index (χ4v) is 2.39. The first-order valence-electron chi connectivity index (χ1n) is 4.92. The summed E-state index contributed by atoms with van der Waals surface area (Å²) in [7, 11) is 0. The van der Waals surface area contributed by atoms with E-state index in [1.54, 1.807) is 34.7 Å². The van der Waals surface area contributed by atoms with E-state index in [-0.39, 0.29) is 15.0 Å². The van der Waals surface area contributed by atoms with Crippen molar-refractivity contribution in [3.8, 4) is 5.88 Å². The van der Waals surface area contributed by atoms with Gasteiger partial charge in [0.25, 0.3) is 5.56 Å². The van der Waals surface area contributed by atoms with Crippen LogP contribution >= 0.6 is 46.0 Å². The molecule has 0 aliphatic carbocycles. The average molecular weight is 395 g/mol. The Bertz CT molecular complexity index is 615. The van der Waals surface area contributed by atoms with E-state index in [1.807, 2.05) is 12.1 Å². The Hall–Kier alpha value is -0.730. The maximum atomic E-state index is 11.4. The highest BCUT2D eigenvalue weighted by Gasteiger charge is 2.07. The van der Waals surface area contributed by atoms with E-state index in [0.29, 0.717) is 16.6 Å². The molecule has 18 heavy (non-hydrogen) atoms. The van der Waals surface area contributed by atoms with Crippen LogP contribution in [0.15, 0.2) is 34.0 Å². The minimum atomic E-state index is -0.324. The Balaban J connectivity index is 2.11. The number of aromatic hydroxyl groups is 1. The van der Waals surface area contributed by atoms with E-state index in [0.717, 1.165) is 4.90 Å². The third-order valence-electron chi connectivity index (χ3n) is 2.08. The number of nitrogens with zero attached hydrogens (tertiary/aromatic N) is 1. The lowest BCUT2D eigenvalue weighted by Crippen LogP contribution is -2.13. The Labute approximate surface area is 126 Å². The van der Waals surface area contributed by atoms with Crippen molar-refractivity contribution in [3.05, 3.63) is 49.0 Å². The van der Waals surface area contributed by atoms with Gasteiger partial charge in [0.1, 0.15) is 9.39 Å². The molecule has 0 spiro atoms. The fraction of sp³-hybridized carbons (Fsp3) is 0.0909. The summed E-state index contributed by atoms with van der Waals surface area (Å²) in [5, 5.41) is 10.1. The minimum Gasteiger partial charge on any atom is -0.492 e. The number of thioether (sulfide) groups is 1. The van der Waals surface area contributed by atoms with Crippen LogP contribution in [0.1, 0.15) is 5.82 Å². The molecule has 2 N–H and O–H groups in total. The topological polar surface area (TPSA) is 66.0 Å². The predicted molar refractivity (Wildman–Crippen MR) is 80.3 cm³/mol. The van der Waals surface area contributed by atoms with Crippen LogP contribution in [0.3, 0.4) is 0 Å². The van der Waals surface area contributed by atoms with Crippen molar-refractivity contribution < 1.29 is 5.11 Å². The Morgan fingerprint density at radius 2 is 2.06 bits per heavy atom. The number of hydrogen-bond acceptors (Lipinski definition) is 4. The molecule has 0 aliphatic heterocycles. The second-order valence-electron chi connectivity index (χ2n) is 3.39. The maximum Gasteiger partial charge on any atom is 0.268 e. The lowest BCUT2D eigenvalue weighted by atomic mass is 10.4. The van der Waals surface area contributed by atoms with Gasteiger partial charge >= 0.3 is 0 Å². The van der Waals surface area contributed by atoms with Crippen LogP contribution in [0.25, 0.3) is 0 Å². The van der Waals surface area contributed by atoms with Gasteiger partial charge in [0.15, 0.2) is 0 Å². The molecule has 0 saturated heterocycles. The molecule has 0 bridgehead atoms. The normalized spacial score (nSPS) is 10.6. The van der Waals surface area contributed by atoms with Crippen molar-refractivity contribution in [1.29, 1.82) is 0 Å². The quantitative estimate of drug-likeness (QED) is 0.620. The summed E-state index contributed by atoms with van der Waals surface area (Å²) in [4.78, 5) is 19.0. The number of rotatable bonds is 3. The van der Waals surface area contributed by atoms with Gasteiger partial charge in [-0.2, -0.15) is 4.98 Å². The number of aromatic nitrogens is 2. The summed E-state index contributed by atoms with van der Waals surface area (Å²) >= 11 is 9.04. The van der Waals surface area contributed by atoms with Gasteiger partial charge in [-0.25, -0.2) is 0 Å². The molecule has 0 aliphatic rings. The highest BCUT2D eigenvalue weighted by molar-refractivity contribution is 14.1. The van der Waals surface area contributed by atoms with Crippen LogP contribution < -0.4 is 5.56 Å². The van der Waals surface area contributed by atoms with E-state index in [2.05, 4.69) is 9.97 Å². The SMILES string of the molecule is O=c1[nH]c(CSc2ccc(Cl)cc2)nc(O)c1I. The lowest BCUT2D eigenvalue weighted by molar-refractivity contribution is 0.444. The van der Waals surface area contributed by atoms with Crippen molar-refractivity contribution in [2.24, 2.45) is 0 Å². The van der Waals surface area contributed by atoms with Gasteiger partial charge < -0.3 is 10.1 Å². The monoisotopic (exact) mass is 394 g/mol. The van der Waals surface area contributed by atoms with Crippen LogP contribution in [0.5, 0.6) is 5.88 Å². The van der Waals surface area contributed by atoms with Gasteiger partial charge in [0.05, 0.1) is 5.75 Å². The molecule has 0 fully saturated rings. The van der Waals surface area contributed by atoms with Crippen molar-refractivity contribution in [2.45, 2.75) is 10.6 Å². The van der Waals surface area contributed by atoms with Crippen LogP contribution in [0, 0.1) is 3.57 Å². The fourth-order valence-electron chi connectivity index (χ4n) is 1.24. The van der Waals surface area contributed by atoms with E-state index in [1.165, 1.54) is 11.8 Å². The van der Waals surface area contributed by atoms with Crippen LogP contribution in [0.2, 0.25) is 5.02 Å². The summed E-state index contributed by atoms with van der Waals surface area (Å²) in [6.07, 6.45) is 0. The van der Waals surface area contributed by atoms with Crippen molar-refractivity contribution >= 4 is 46.0 Å². The predicted octanol–water partition coefficient (Wildman–Crippen LogP) is 3.03. The standard InChI is InChI=1S/C11H8ClIN2O2S/c12-6-1-3-7(4-2-6)18-5-8-14-10(16)9(13)11(17)15-8/h1-4H,5H2,(H2,14,15,16,17). The number of hydrogen-bond donors (Lipinski definition) is 2. The zero-order chi connectivity index (χ0) is 13.1. The van der Waals surface area contributed by atoms with Gasteiger partial charge in [0.2, 0.25) is 5.88 Å². The van der Waals surface area contributed by atoms with Crippen LogP contribution in [0.4, 0.5) is 0 Å². The molecule has 94 valence electrons. The lowest BCUT2D eigenvalue weighted by Gasteiger charge is -2.03. The van der Waals surface area contributed by atoms with Crippen molar-refractivity contribution in [2.75, 3.05) is 0 Å². The number of halogens is 2.